The van der Waals surface area contributed by atoms with Crippen molar-refractivity contribution in [2.45, 2.75) is 160 Å². The van der Waals surface area contributed by atoms with Gasteiger partial charge in [0, 0.05) is 54.0 Å². The standard InChI is InChI=1S/C46H77NOSi7/c1-32-28-33(2)41(34(3)29-32)42-40-27-26-35-24-22-23-25-39(35)55(40,48-47-42)43-37(45(51(10,11)12)52(13,14)15)30-36(44(49(4,5)6)50(7,8)9)31-38(43)46(53(16,17)18)54(19,20)21/h22-31,40,44-46H,1-21H3. The van der Waals surface area contributed by atoms with Crippen LogP contribution in [-0.2, 0) is 4.53 Å². The lowest BCUT2D eigenvalue weighted by molar-refractivity contribution is 0.354. The first-order valence-corrected chi connectivity index (χ1v) is 44.6. The molecule has 0 aliphatic carbocycles. The minimum Gasteiger partial charge on any atom is -0.442 e. The fourth-order valence-electron chi connectivity index (χ4n) is 12.7. The van der Waals surface area contributed by atoms with Gasteiger partial charge >= 0.3 is 8.32 Å². The van der Waals surface area contributed by atoms with E-state index in [1.165, 1.54) is 33.0 Å². The van der Waals surface area contributed by atoms with Gasteiger partial charge in [-0.2, -0.15) is 0 Å². The zero-order valence-electron chi connectivity index (χ0n) is 38.9. The van der Waals surface area contributed by atoms with E-state index in [1.54, 1.807) is 21.9 Å². The molecule has 3 aromatic carbocycles. The Bertz CT molecular complexity index is 1890. The van der Waals surface area contributed by atoms with E-state index in [1.807, 2.05) is 0 Å². The Morgan fingerprint density at radius 1 is 0.564 bits per heavy atom. The molecule has 2 nitrogen and oxygen atoms in total. The first kappa shape index (κ1) is 44.5. The second kappa shape index (κ2) is 14.6. The molecule has 2 atom stereocenters. The Labute approximate surface area is 345 Å². The van der Waals surface area contributed by atoms with E-state index < -0.39 is 56.8 Å². The van der Waals surface area contributed by atoms with E-state index in [2.05, 4.69) is 199 Å². The number of rotatable bonds is 11. The highest BCUT2D eigenvalue weighted by Crippen LogP contribution is 2.49. The Morgan fingerprint density at radius 2 is 0.982 bits per heavy atom. The number of hydrogen-bond acceptors (Lipinski definition) is 2. The van der Waals surface area contributed by atoms with Crippen LogP contribution in [0.5, 0.6) is 0 Å². The second-order valence-electron chi connectivity index (χ2n) is 24.1. The summed E-state index contributed by atoms with van der Waals surface area (Å²) in [5, 5.41) is 10.3. The van der Waals surface area contributed by atoms with Gasteiger partial charge in [-0.25, -0.2) is 0 Å². The average molecular weight is 857 g/mol. The van der Waals surface area contributed by atoms with Gasteiger partial charge in [0.2, 0.25) is 0 Å². The normalized spacial score (nSPS) is 19.6. The summed E-state index contributed by atoms with van der Waals surface area (Å²) in [6, 6.07) is 19.8. The average Bonchev–Trinajstić information content (AvgIpc) is 3.32. The molecule has 0 aromatic heterocycles. The molecule has 2 aliphatic heterocycles. The first-order chi connectivity index (χ1) is 24.8. The molecule has 2 heterocycles. The molecule has 0 saturated carbocycles. The SMILES string of the molecule is Cc1cc(C)c(C2=NO[Si]3(c4c(C([Si](C)(C)C)[Si](C)(C)C)cc(C([Si](C)(C)C)[Si](C)(C)C)cc4C([Si](C)(C)C)[Si](C)(C)C)c4ccccc4C=CC23)c(C)c1. The van der Waals surface area contributed by atoms with Gasteiger partial charge in [-0.3, -0.25) is 0 Å². The fourth-order valence-corrected chi connectivity index (χ4v) is 56.1. The molecule has 0 N–H and O–H groups in total. The molecular weight excluding hydrogens is 779 g/mol. The van der Waals surface area contributed by atoms with Gasteiger partial charge in [-0.15, -0.1) is 5.16 Å². The van der Waals surface area contributed by atoms with Crippen molar-refractivity contribution in [1.29, 1.82) is 0 Å². The lowest BCUT2D eigenvalue weighted by atomic mass is 9.94. The number of allylic oxidation sites excluding steroid dienone is 1. The third kappa shape index (κ3) is 8.33. The van der Waals surface area contributed by atoms with Crippen LogP contribution in [-0.4, -0.2) is 62.5 Å². The molecule has 0 bridgehead atoms. The number of benzene rings is 3. The monoisotopic (exact) mass is 855 g/mol. The lowest BCUT2D eigenvalue weighted by Gasteiger charge is -2.48. The third-order valence-electron chi connectivity index (χ3n) is 12.5. The van der Waals surface area contributed by atoms with Crippen molar-refractivity contribution in [1.82, 2.24) is 0 Å². The van der Waals surface area contributed by atoms with E-state index >= 15 is 0 Å². The van der Waals surface area contributed by atoms with E-state index in [9.17, 15) is 0 Å². The summed E-state index contributed by atoms with van der Waals surface area (Å²) in [7, 11) is -13.5. The Morgan fingerprint density at radius 3 is 1.40 bits per heavy atom. The van der Waals surface area contributed by atoms with Crippen LogP contribution in [0.2, 0.25) is 123 Å². The number of oxime groups is 1. The quantitative estimate of drug-likeness (QED) is 0.176. The topological polar surface area (TPSA) is 21.6 Å². The molecule has 2 unspecified atom stereocenters. The van der Waals surface area contributed by atoms with Crippen LogP contribution in [0.3, 0.4) is 0 Å². The smallest absolute Gasteiger partial charge is 0.363 e. The van der Waals surface area contributed by atoms with Crippen LogP contribution in [0.1, 0.15) is 60.0 Å². The number of nitrogens with zero attached hydrogens (tertiary/aromatic N) is 1. The van der Waals surface area contributed by atoms with Crippen LogP contribution >= 0.6 is 0 Å². The predicted octanol–water partition coefficient (Wildman–Crippen LogP) is 13.0. The van der Waals surface area contributed by atoms with E-state index in [4.69, 9.17) is 9.68 Å². The fraction of sp³-hybridized carbons (Fsp3) is 0.543. The molecule has 5 rings (SSSR count). The molecule has 0 saturated heterocycles. The van der Waals surface area contributed by atoms with Crippen molar-refractivity contribution in [3.05, 3.63) is 99.1 Å². The van der Waals surface area contributed by atoms with Crippen LogP contribution in [0.15, 0.2) is 59.8 Å². The maximum Gasteiger partial charge on any atom is 0.363 e. The van der Waals surface area contributed by atoms with Crippen LogP contribution in [0.25, 0.3) is 6.08 Å². The van der Waals surface area contributed by atoms with E-state index in [-0.39, 0.29) is 5.54 Å². The summed E-state index contributed by atoms with van der Waals surface area (Å²) in [5.74, 6) is 0. The molecule has 300 valence electrons. The minimum absolute atomic E-state index is 0.100. The molecule has 55 heavy (non-hydrogen) atoms. The van der Waals surface area contributed by atoms with Crippen molar-refractivity contribution in [3.8, 4) is 0 Å². The Hall–Kier alpha value is -1.61. The van der Waals surface area contributed by atoms with Gasteiger partial charge in [-0.05, 0) is 80.0 Å². The molecule has 3 aromatic rings. The molecule has 0 fully saturated rings. The van der Waals surface area contributed by atoms with Crippen LogP contribution < -0.4 is 10.4 Å². The summed E-state index contributed by atoms with van der Waals surface area (Å²) < 4.78 is 7.69. The molecule has 2 aliphatic rings. The van der Waals surface area contributed by atoms with Crippen molar-refractivity contribution in [3.63, 3.8) is 0 Å². The highest BCUT2D eigenvalue weighted by molar-refractivity contribution is 7.05. The van der Waals surface area contributed by atoms with Gasteiger partial charge in [-0.1, -0.05) is 184 Å². The zero-order valence-corrected chi connectivity index (χ0v) is 45.9. The third-order valence-corrected chi connectivity index (χ3v) is 44.7. The second-order valence-corrected chi connectivity index (χ2v) is 61.0. The van der Waals surface area contributed by atoms with Gasteiger partial charge < -0.3 is 4.53 Å². The first-order valence-electron chi connectivity index (χ1n) is 21.1. The molecule has 9 heteroatoms. The van der Waals surface area contributed by atoms with Gasteiger partial charge in [0.1, 0.15) is 0 Å². The molecule has 0 radical (unpaired) electrons. The molecule has 0 spiro atoms. The van der Waals surface area contributed by atoms with Crippen molar-refractivity contribution in [2.24, 2.45) is 5.16 Å². The van der Waals surface area contributed by atoms with E-state index in [0.29, 0.717) is 15.5 Å². The lowest BCUT2D eigenvalue weighted by Crippen LogP contribution is -2.68. The molecule has 0 amide bonds. The summed E-state index contributed by atoms with van der Waals surface area (Å²) >= 11 is 0. The minimum atomic E-state index is -3.11. The highest BCUT2D eigenvalue weighted by atomic mass is 28.4. The van der Waals surface area contributed by atoms with Gasteiger partial charge in [0.05, 0.1) is 11.3 Å². The van der Waals surface area contributed by atoms with Crippen LogP contribution in [0.4, 0.5) is 0 Å². The highest BCUT2D eigenvalue weighted by Gasteiger charge is 2.62. The number of fused-ring (bicyclic) bond motifs is 3. The maximum absolute atomic E-state index is 7.69. The summed E-state index contributed by atoms with van der Waals surface area (Å²) in [5.41, 5.74) is 12.9. The Kier molecular flexibility index (Phi) is 11.8. The maximum atomic E-state index is 7.69. The number of hydrogen-bond donors (Lipinski definition) is 0. The van der Waals surface area contributed by atoms with Crippen LogP contribution in [0, 0.1) is 20.8 Å². The predicted molar refractivity (Wildman–Crippen MR) is 267 cm³/mol. The summed E-state index contributed by atoms with van der Waals surface area (Å²) in [6.45, 7) is 54.9. The Balaban J connectivity index is 2.11. The van der Waals surface area contributed by atoms with Crippen molar-refractivity contribution in [2.75, 3.05) is 0 Å². The van der Waals surface area contributed by atoms with Crippen molar-refractivity contribution < 1.29 is 4.53 Å². The number of aryl methyl sites for hydroxylation is 3. The summed E-state index contributed by atoms with van der Waals surface area (Å²) in [4.78, 5) is 0. The van der Waals surface area contributed by atoms with Crippen molar-refractivity contribution >= 4 is 78.9 Å². The van der Waals surface area contributed by atoms with E-state index in [0.717, 1.165) is 5.71 Å². The van der Waals surface area contributed by atoms with Gasteiger partial charge in [0.15, 0.2) is 0 Å². The largest absolute Gasteiger partial charge is 0.442 e. The molecular formula is C46H77NOSi7. The van der Waals surface area contributed by atoms with Gasteiger partial charge in [0.25, 0.3) is 0 Å². The summed E-state index contributed by atoms with van der Waals surface area (Å²) in [6.07, 6.45) is 4.96. The zero-order chi connectivity index (χ0) is 41.6.